The first-order valence-corrected chi connectivity index (χ1v) is 10.2. The summed E-state index contributed by atoms with van der Waals surface area (Å²) in [7, 11) is 0. The molecular formula is C26H25FN2O. The van der Waals surface area contributed by atoms with E-state index in [-0.39, 0.29) is 17.8 Å². The van der Waals surface area contributed by atoms with Crippen LogP contribution in [0, 0.1) is 12.7 Å². The second-order valence-electron chi connectivity index (χ2n) is 7.90. The Labute approximate surface area is 176 Å². The van der Waals surface area contributed by atoms with Crippen LogP contribution in [0.4, 0.5) is 10.2 Å². The van der Waals surface area contributed by atoms with Crippen LogP contribution in [0.25, 0.3) is 5.57 Å². The number of benzene rings is 2. The maximum atomic E-state index is 14.1. The first-order valence-electron chi connectivity index (χ1n) is 10.2. The summed E-state index contributed by atoms with van der Waals surface area (Å²) in [6, 6.07) is 18.8. The van der Waals surface area contributed by atoms with Crippen LogP contribution in [0.5, 0.6) is 0 Å². The number of aryl methyl sites for hydroxylation is 1. The predicted molar refractivity (Wildman–Crippen MR) is 119 cm³/mol. The molecule has 0 radical (unpaired) electrons. The van der Waals surface area contributed by atoms with Crippen LogP contribution in [0.2, 0.25) is 0 Å². The maximum absolute atomic E-state index is 14.1. The van der Waals surface area contributed by atoms with Crippen molar-refractivity contribution in [2.24, 2.45) is 0 Å². The normalized spacial score (nSPS) is 14.2. The van der Waals surface area contributed by atoms with Crippen LogP contribution < -0.4 is 4.90 Å². The highest BCUT2D eigenvalue weighted by molar-refractivity contribution is 5.97. The lowest BCUT2D eigenvalue weighted by molar-refractivity contribution is 0.0989. The van der Waals surface area contributed by atoms with Crippen LogP contribution in [-0.4, -0.2) is 23.9 Å². The molecule has 0 bridgehead atoms. The van der Waals surface area contributed by atoms with Crippen molar-refractivity contribution in [1.82, 2.24) is 4.98 Å². The van der Waals surface area contributed by atoms with E-state index < -0.39 is 5.82 Å². The number of nitrogens with zero attached hydrogens (tertiary/aromatic N) is 2. The Morgan fingerprint density at radius 2 is 1.87 bits per heavy atom. The average Bonchev–Trinajstić information content (AvgIpc) is 2.75. The van der Waals surface area contributed by atoms with Crippen LogP contribution in [0.3, 0.4) is 0 Å². The van der Waals surface area contributed by atoms with Gasteiger partial charge in [0, 0.05) is 25.7 Å². The number of ketones is 1. The molecule has 0 saturated carbocycles. The summed E-state index contributed by atoms with van der Waals surface area (Å²) in [5.41, 5.74) is 5.69. The number of anilines is 1. The van der Waals surface area contributed by atoms with Gasteiger partial charge in [0.05, 0.1) is 5.56 Å². The van der Waals surface area contributed by atoms with Gasteiger partial charge in [-0.15, -0.1) is 0 Å². The van der Waals surface area contributed by atoms with Gasteiger partial charge in [-0.25, -0.2) is 9.37 Å². The lowest BCUT2D eigenvalue weighted by Gasteiger charge is -2.31. The molecule has 0 atom stereocenters. The van der Waals surface area contributed by atoms with Crippen molar-refractivity contribution < 1.29 is 9.18 Å². The molecule has 3 aromatic rings. The van der Waals surface area contributed by atoms with Gasteiger partial charge in [0.2, 0.25) is 0 Å². The van der Waals surface area contributed by atoms with Gasteiger partial charge in [-0.05, 0) is 66.8 Å². The highest BCUT2D eigenvalue weighted by atomic mass is 19.1. The predicted octanol–water partition coefficient (Wildman–Crippen LogP) is 5.64. The summed E-state index contributed by atoms with van der Waals surface area (Å²) in [4.78, 5) is 19.3. The van der Waals surface area contributed by atoms with Crippen LogP contribution >= 0.6 is 0 Å². The van der Waals surface area contributed by atoms with Crippen molar-refractivity contribution in [2.75, 3.05) is 18.0 Å². The molecule has 0 fully saturated rings. The molecule has 0 aliphatic carbocycles. The largest absolute Gasteiger partial charge is 0.352 e. The molecule has 3 nitrogen and oxygen atoms in total. The number of rotatable bonds is 5. The van der Waals surface area contributed by atoms with Crippen molar-refractivity contribution in [3.05, 3.63) is 101 Å². The molecule has 0 spiro atoms. The molecule has 0 N–H and O–H groups in total. The Bertz CT molecular complexity index is 1090. The highest BCUT2D eigenvalue weighted by Crippen LogP contribution is 2.29. The second kappa shape index (κ2) is 8.62. The molecule has 152 valence electrons. The standard InChI is InChI=1S/C26H25FN2O/c1-18-6-11-22(24(27)15-18)25(30)16-20-7-9-21(10-8-20)23-17-29(14-12-19(23)2)26-5-3-4-13-28-26/h3-11,13,15H,12,14,16-17H2,1-2H3. The third kappa shape index (κ3) is 4.33. The second-order valence-corrected chi connectivity index (χ2v) is 7.90. The summed E-state index contributed by atoms with van der Waals surface area (Å²) in [5, 5.41) is 0. The van der Waals surface area contributed by atoms with Gasteiger partial charge >= 0.3 is 0 Å². The molecule has 1 aliphatic rings. The van der Waals surface area contributed by atoms with E-state index in [2.05, 4.69) is 28.9 Å². The molecule has 0 unspecified atom stereocenters. The number of aromatic nitrogens is 1. The van der Waals surface area contributed by atoms with Gasteiger partial charge in [0.1, 0.15) is 11.6 Å². The van der Waals surface area contributed by atoms with E-state index in [4.69, 9.17) is 0 Å². The molecule has 2 heterocycles. The molecule has 1 aliphatic heterocycles. The van der Waals surface area contributed by atoms with Crippen LogP contribution in [0.1, 0.15) is 40.4 Å². The Balaban J connectivity index is 1.49. The quantitative estimate of drug-likeness (QED) is 0.520. The Morgan fingerprint density at radius 3 is 2.57 bits per heavy atom. The fourth-order valence-electron chi connectivity index (χ4n) is 3.88. The summed E-state index contributed by atoms with van der Waals surface area (Å²) in [5.74, 6) is 0.341. The summed E-state index contributed by atoms with van der Waals surface area (Å²) in [6.07, 6.45) is 3.01. The molecule has 0 amide bonds. The molecular weight excluding hydrogens is 375 g/mol. The molecule has 0 saturated heterocycles. The van der Waals surface area contributed by atoms with Gasteiger partial charge < -0.3 is 4.90 Å². The van der Waals surface area contributed by atoms with Crippen molar-refractivity contribution in [1.29, 1.82) is 0 Å². The summed E-state index contributed by atoms with van der Waals surface area (Å²) in [6.45, 7) is 5.77. The van der Waals surface area contributed by atoms with E-state index >= 15 is 0 Å². The molecule has 4 rings (SSSR count). The van der Waals surface area contributed by atoms with Crippen molar-refractivity contribution in [3.63, 3.8) is 0 Å². The lowest BCUT2D eigenvalue weighted by atomic mass is 9.93. The third-order valence-electron chi connectivity index (χ3n) is 5.69. The summed E-state index contributed by atoms with van der Waals surface area (Å²) >= 11 is 0. The smallest absolute Gasteiger partial charge is 0.170 e. The first kappa shape index (κ1) is 20.0. The first-order chi connectivity index (χ1) is 14.5. The molecule has 4 heteroatoms. The monoisotopic (exact) mass is 400 g/mol. The lowest BCUT2D eigenvalue weighted by Crippen LogP contribution is -2.31. The van der Waals surface area contributed by atoms with Gasteiger partial charge in [0.25, 0.3) is 0 Å². The van der Waals surface area contributed by atoms with Crippen molar-refractivity contribution in [3.8, 4) is 0 Å². The van der Waals surface area contributed by atoms with E-state index in [0.29, 0.717) is 0 Å². The Hall–Kier alpha value is -3.27. The van der Waals surface area contributed by atoms with Gasteiger partial charge in [-0.1, -0.05) is 42.0 Å². The van der Waals surface area contributed by atoms with Crippen molar-refractivity contribution in [2.45, 2.75) is 26.7 Å². The van der Waals surface area contributed by atoms with E-state index in [1.165, 1.54) is 17.2 Å². The van der Waals surface area contributed by atoms with E-state index in [9.17, 15) is 9.18 Å². The topological polar surface area (TPSA) is 33.2 Å². The number of carbonyl (C=O) groups is 1. The molecule has 2 aromatic carbocycles. The van der Waals surface area contributed by atoms with E-state index in [1.807, 2.05) is 43.5 Å². The van der Waals surface area contributed by atoms with Crippen molar-refractivity contribution >= 4 is 17.2 Å². The van der Waals surface area contributed by atoms with Gasteiger partial charge in [-0.2, -0.15) is 0 Å². The van der Waals surface area contributed by atoms with Crippen LogP contribution in [-0.2, 0) is 6.42 Å². The highest BCUT2D eigenvalue weighted by Gasteiger charge is 2.19. The zero-order valence-electron chi connectivity index (χ0n) is 17.4. The average molecular weight is 400 g/mol. The fourth-order valence-corrected chi connectivity index (χ4v) is 3.88. The SMILES string of the molecule is CC1=C(c2ccc(CC(=O)c3ccc(C)cc3F)cc2)CN(c2ccccn2)CC1. The maximum Gasteiger partial charge on any atom is 0.170 e. The minimum Gasteiger partial charge on any atom is -0.352 e. The minimum atomic E-state index is -0.450. The molecule has 1 aromatic heterocycles. The van der Waals surface area contributed by atoms with Gasteiger partial charge in [0.15, 0.2) is 5.78 Å². The van der Waals surface area contributed by atoms with Crippen LogP contribution in [0.15, 0.2) is 72.4 Å². The summed E-state index contributed by atoms with van der Waals surface area (Å²) < 4.78 is 14.1. The zero-order chi connectivity index (χ0) is 21.1. The zero-order valence-corrected chi connectivity index (χ0v) is 17.4. The van der Waals surface area contributed by atoms with Gasteiger partial charge in [-0.3, -0.25) is 4.79 Å². The van der Waals surface area contributed by atoms with E-state index in [0.717, 1.165) is 42.0 Å². The number of hydrogen-bond donors (Lipinski definition) is 0. The number of Topliss-reactive ketones (excluding diaryl/α,β-unsaturated/α-hetero) is 1. The third-order valence-corrected chi connectivity index (χ3v) is 5.69. The minimum absolute atomic E-state index is 0.154. The number of halogens is 1. The number of pyridine rings is 1. The fraction of sp³-hybridized carbons (Fsp3) is 0.231. The van der Waals surface area contributed by atoms with E-state index in [1.54, 1.807) is 12.1 Å². The number of hydrogen-bond acceptors (Lipinski definition) is 3. The molecule has 30 heavy (non-hydrogen) atoms. The Morgan fingerprint density at radius 1 is 1.07 bits per heavy atom. The Kier molecular flexibility index (Phi) is 5.75. The number of carbonyl (C=O) groups excluding carboxylic acids is 1.